The average Bonchev–Trinajstić information content (AvgIpc) is 3.19. The average molecular weight is 490 g/mol. The number of aliphatic hydroxyl groups is 1. The molecule has 0 spiro atoms. The predicted molar refractivity (Wildman–Crippen MR) is 125 cm³/mol. The SMILES string of the molecule is COc1ccc([C@H]2CC(=O)C3=C(C2)NC2NNC(O)C2[C@@H]3c2ccc(Cl)c(Cl)c2)cc1OC. The fourth-order valence-corrected chi connectivity index (χ4v) is 5.61. The van der Waals surface area contributed by atoms with Crippen LogP contribution in [0.2, 0.25) is 10.0 Å². The summed E-state index contributed by atoms with van der Waals surface area (Å²) in [5.74, 6) is 0.722. The Hall–Kier alpha value is -2.29. The third-order valence-electron chi connectivity index (χ3n) is 6.85. The van der Waals surface area contributed by atoms with Crippen LogP contribution in [-0.4, -0.2) is 37.5 Å². The number of allylic oxidation sites excluding steroid dienone is 2. The minimum absolute atomic E-state index is 0.00570. The fraction of sp³-hybridized carbons (Fsp3) is 0.375. The Balaban J connectivity index is 1.55. The van der Waals surface area contributed by atoms with Crippen LogP contribution in [0.25, 0.3) is 0 Å². The second-order valence-corrected chi connectivity index (χ2v) is 9.43. The van der Waals surface area contributed by atoms with E-state index in [0.29, 0.717) is 40.0 Å². The third-order valence-corrected chi connectivity index (χ3v) is 7.59. The number of ether oxygens (including phenoxy) is 2. The van der Waals surface area contributed by atoms with Crippen molar-refractivity contribution in [2.45, 2.75) is 37.1 Å². The molecule has 0 amide bonds. The van der Waals surface area contributed by atoms with E-state index in [1.54, 1.807) is 26.4 Å². The molecule has 3 unspecified atom stereocenters. The maximum absolute atomic E-state index is 13.6. The summed E-state index contributed by atoms with van der Waals surface area (Å²) in [6, 6.07) is 11.2. The van der Waals surface area contributed by atoms with Crippen molar-refractivity contribution in [3.05, 3.63) is 68.8 Å². The van der Waals surface area contributed by atoms with E-state index < -0.39 is 6.23 Å². The second kappa shape index (κ2) is 8.81. The van der Waals surface area contributed by atoms with Crippen LogP contribution in [0, 0.1) is 5.92 Å². The number of ketones is 1. The van der Waals surface area contributed by atoms with Crippen LogP contribution in [0.4, 0.5) is 0 Å². The van der Waals surface area contributed by atoms with E-state index in [4.69, 9.17) is 32.7 Å². The predicted octanol–water partition coefficient (Wildman–Crippen LogP) is 3.47. The Bertz CT molecular complexity index is 1140. The Morgan fingerprint density at radius 2 is 1.70 bits per heavy atom. The van der Waals surface area contributed by atoms with Gasteiger partial charge in [-0.05, 0) is 47.7 Å². The molecule has 5 atom stereocenters. The van der Waals surface area contributed by atoms with Gasteiger partial charge in [-0.15, -0.1) is 0 Å². The highest BCUT2D eigenvalue weighted by Gasteiger charge is 2.49. The highest BCUT2D eigenvalue weighted by molar-refractivity contribution is 6.42. The highest BCUT2D eigenvalue weighted by atomic mass is 35.5. The molecule has 33 heavy (non-hydrogen) atoms. The molecule has 0 radical (unpaired) electrons. The zero-order valence-corrected chi connectivity index (χ0v) is 19.7. The summed E-state index contributed by atoms with van der Waals surface area (Å²) in [5, 5.41) is 15.0. The van der Waals surface area contributed by atoms with Gasteiger partial charge in [0.05, 0.1) is 30.4 Å². The Morgan fingerprint density at radius 3 is 2.42 bits per heavy atom. The number of aliphatic hydroxyl groups excluding tert-OH is 1. The number of halogens is 2. The van der Waals surface area contributed by atoms with Crippen LogP contribution in [0.1, 0.15) is 35.8 Å². The van der Waals surface area contributed by atoms with E-state index in [2.05, 4.69) is 16.2 Å². The monoisotopic (exact) mass is 489 g/mol. The lowest BCUT2D eigenvalue weighted by Crippen LogP contribution is -2.51. The van der Waals surface area contributed by atoms with Crippen molar-refractivity contribution in [1.82, 2.24) is 16.2 Å². The smallest absolute Gasteiger partial charge is 0.161 e. The minimum atomic E-state index is -0.827. The van der Waals surface area contributed by atoms with Crippen molar-refractivity contribution < 1.29 is 19.4 Å². The molecule has 2 heterocycles. The molecule has 5 rings (SSSR count). The van der Waals surface area contributed by atoms with Gasteiger partial charge < -0.3 is 19.9 Å². The van der Waals surface area contributed by atoms with Gasteiger partial charge in [-0.25, -0.2) is 10.9 Å². The summed E-state index contributed by atoms with van der Waals surface area (Å²) in [4.78, 5) is 13.6. The molecule has 2 aromatic rings. The molecule has 7 nitrogen and oxygen atoms in total. The van der Waals surface area contributed by atoms with Crippen molar-refractivity contribution in [3.63, 3.8) is 0 Å². The highest BCUT2D eigenvalue weighted by Crippen LogP contribution is 2.48. The van der Waals surface area contributed by atoms with Crippen LogP contribution in [-0.2, 0) is 4.79 Å². The lowest BCUT2D eigenvalue weighted by Gasteiger charge is -2.42. The fourth-order valence-electron chi connectivity index (χ4n) is 5.30. The van der Waals surface area contributed by atoms with Gasteiger partial charge in [-0.2, -0.15) is 0 Å². The first-order chi connectivity index (χ1) is 15.9. The maximum atomic E-state index is 13.6. The molecule has 0 bridgehead atoms. The molecular formula is C24H25Cl2N3O4. The first kappa shape index (κ1) is 22.5. The standard InChI is InChI=1S/C24H25Cl2N3O4/c1-32-18-6-4-11(10-19(18)33-2)13-8-16-21(17(30)9-13)20(12-3-5-14(25)15(26)7-12)22-23(27-16)28-29-24(22)31/h3-7,10,13,20,22-24,27-29,31H,8-9H2,1-2H3/t13-,20-,22?,23?,24?/m1/s1. The van der Waals surface area contributed by atoms with Gasteiger partial charge in [0.1, 0.15) is 6.23 Å². The van der Waals surface area contributed by atoms with Crippen LogP contribution in [0.3, 0.4) is 0 Å². The van der Waals surface area contributed by atoms with Gasteiger partial charge in [-0.1, -0.05) is 35.3 Å². The minimum Gasteiger partial charge on any atom is -0.493 e. The van der Waals surface area contributed by atoms with Gasteiger partial charge in [-0.3, -0.25) is 4.79 Å². The third kappa shape index (κ3) is 3.88. The van der Waals surface area contributed by atoms with E-state index in [0.717, 1.165) is 16.8 Å². The van der Waals surface area contributed by atoms with E-state index in [9.17, 15) is 9.90 Å². The number of rotatable bonds is 4. The molecule has 0 saturated carbocycles. The number of fused-ring (bicyclic) bond motifs is 1. The Labute approximate surface area is 202 Å². The topological polar surface area (TPSA) is 91.9 Å². The summed E-state index contributed by atoms with van der Waals surface area (Å²) in [6.07, 6.45) is -0.0418. The van der Waals surface area contributed by atoms with Gasteiger partial charge >= 0.3 is 0 Å². The van der Waals surface area contributed by atoms with Gasteiger partial charge in [0.25, 0.3) is 0 Å². The van der Waals surface area contributed by atoms with Crippen LogP contribution in [0.15, 0.2) is 47.7 Å². The number of nitrogens with one attached hydrogen (secondary N) is 3. The number of benzene rings is 2. The van der Waals surface area contributed by atoms with Gasteiger partial charge in [0.15, 0.2) is 17.3 Å². The zero-order valence-electron chi connectivity index (χ0n) is 18.2. The van der Waals surface area contributed by atoms with Crippen LogP contribution < -0.4 is 25.6 Å². The molecular weight excluding hydrogens is 465 g/mol. The molecule has 2 aliphatic heterocycles. The number of methoxy groups -OCH3 is 2. The number of hydrogen-bond acceptors (Lipinski definition) is 7. The summed E-state index contributed by atoms with van der Waals surface area (Å²) in [6.45, 7) is 0. The largest absolute Gasteiger partial charge is 0.493 e. The van der Waals surface area contributed by atoms with Crippen molar-refractivity contribution >= 4 is 29.0 Å². The van der Waals surface area contributed by atoms with Crippen LogP contribution >= 0.6 is 23.2 Å². The van der Waals surface area contributed by atoms with Gasteiger partial charge in [0, 0.05) is 29.5 Å². The Morgan fingerprint density at radius 1 is 0.939 bits per heavy atom. The summed E-state index contributed by atoms with van der Waals surface area (Å²) >= 11 is 12.5. The number of Topliss-reactive ketones (excluding diaryl/α,β-unsaturated/α-hetero) is 1. The molecule has 2 aromatic carbocycles. The zero-order chi connectivity index (χ0) is 23.3. The lowest BCUT2D eigenvalue weighted by molar-refractivity contribution is -0.117. The first-order valence-electron chi connectivity index (χ1n) is 10.8. The van der Waals surface area contributed by atoms with Crippen molar-refractivity contribution in [3.8, 4) is 11.5 Å². The Kier molecular flexibility index (Phi) is 6.01. The van der Waals surface area contributed by atoms with E-state index >= 15 is 0 Å². The van der Waals surface area contributed by atoms with Crippen molar-refractivity contribution in [1.29, 1.82) is 0 Å². The molecule has 3 aliphatic rings. The molecule has 4 N–H and O–H groups in total. The van der Waals surface area contributed by atoms with Crippen molar-refractivity contribution in [2.24, 2.45) is 5.92 Å². The second-order valence-electron chi connectivity index (χ2n) is 8.62. The molecule has 1 aliphatic carbocycles. The first-order valence-corrected chi connectivity index (χ1v) is 11.6. The normalized spacial score (nSPS) is 28.8. The number of hydrazine groups is 1. The number of carbonyl (C=O) groups excluding carboxylic acids is 1. The molecule has 1 saturated heterocycles. The van der Waals surface area contributed by atoms with E-state index in [1.165, 1.54) is 0 Å². The number of carbonyl (C=O) groups is 1. The number of hydrogen-bond donors (Lipinski definition) is 4. The molecule has 174 valence electrons. The van der Waals surface area contributed by atoms with Crippen LogP contribution in [0.5, 0.6) is 11.5 Å². The lowest BCUT2D eigenvalue weighted by atomic mass is 9.69. The summed E-state index contributed by atoms with van der Waals surface area (Å²) in [5.41, 5.74) is 9.47. The van der Waals surface area contributed by atoms with Gasteiger partial charge in [0.2, 0.25) is 0 Å². The quantitative estimate of drug-likeness (QED) is 0.522. The van der Waals surface area contributed by atoms with E-state index in [-0.39, 0.29) is 29.7 Å². The maximum Gasteiger partial charge on any atom is 0.161 e. The van der Waals surface area contributed by atoms with Crippen molar-refractivity contribution in [2.75, 3.05) is 14.2 Å². The molecule has 9 heteroatoms. The van der Waals surface area contributed by atoms with E-state index in [1.807, 2.05) is 24.3 Å². The molecule has 1 fully saturated rings. The summed E-state index contributed by atoms with van der Waals surface area (Å²) < 4.78 is 10.8. The summed E-state index contributed by atoms with van der Waals surface area (Å²) in [7, 11) is 3.20. The molecule has 0 aromatic heterocycles.